The van der Waals surface area contributed by atoms with Gasteiger partial charge in [-0.05, 0) is 74.6 Å². The van der Waals surface area contributed by atoms with Crippen LogP contribution >= 0.6 is 0 Å². The van der Waals surface area contributed by atoms with Gasteiger partial charge in [-0.25, -0.2) is 0 Å². The van der Waals surface area contributed by atoms with Gasteiger partial charge in [-0.1, -0.05) is 19.9 Å². The third-order valence-electron chi connectivity index (χ3n) is 6.05. The van der Waals surface area contributed by atoms with Crippen LogP contribution in [0.3, 0.4) is 0 Å². The molecule has 3 rings (SSSR count). The van der Waals surface area contributed by atoms with Crippen molar-refractivity contribution >= 4 is 29.1 Å². The number of likely N-dealkylation sites (tertiary alicyclic amines) is 1. The van der Waals surface area contributed by atoms with Crippen molar-refractivity contribution < 1.29 is 14.4 Å². The molecule has 1 saturated heterocycles. The number of nitrogens with one attached hydrogen (secondary N) is 3. The molecule has 0 bridgehead atoms. The van der Waals surface area contributed by atoms with E-state index in [0.29, 0.717) is 22.7 Å². The fourth-order valence-corrected chi connectivity index (χ4v) is 3.66. The van der Waals surface area contributed by atoms with Gasteiger partial charge >= 0.3 is 0 Å². The number of piperidine rings is 1. The van der Waals surface area contributed by atoms with Crippen molar-refractivity contribution in [3.05, 3.63) is 59.7 Å². The van der Waals surface area contributed by atoms with Gasteiger partial charge in [0.05, 0.1) is 6.54 Å². The Morgan fingerprint density at radius 1 is 1.00 bits per heavy atom. The van der Waals surface area contributed by atoms with Gasteiger partial charge in [-0.2, -0.15) is 0 Å². The summed E-state index contributed by atoms with van der Waals surface area (Å²) in [6, 6.07) is 14.2. The molecule has 1 atom stereocenters. The predicted octanol–water partition coefficient (Wildman–Crippen LogP) is 4.14. The topological polar surface area (TPSA) is 90.5 Å². The Kier molecular flexibility index (Phi) is 8.46. The summed E-state index contributed by atoms with van der Waals surface area (Å²) in [6.07, 6.45) is 2.92. The van der Waals surface area contributed by atoms with E-state index >= 15 is 0 Å². The van der Waals surface area contributed by atoms with Crippen LogP contribution in [0.1, 0.15) is 60.7 Å². The first-order valence-electron chi connectivity index (χ1n) is 11.7. The van der Waals surface area contributed by atoms with Crippen molar-refractivity contribution in [3.8, 4) is 0 Å². The maximum absolute atomic E-state index is 12.8. The Hall–Kier alpha value is -3.35. The van der Waals surface area contributed by atoms with Crippen LogP contribution in [0.4, 0.5) is 11.4 Å². The highest BCUT2D eigenvalue weighted by Gasteiger charge is 2.21. The molecule has 1 fully saturated rings. The predicted molar refractivity (Wildman–Crippen MR) is 132 cm³/mol. The monoisotopic (exact) mass is 450 g/mol. The van der Waals surface area contributed by atoms with Crippen LogP contribution in [0.15, 0.2) is 48.5 Å². The van der Waals surface area contributed by atoms with Gasteiger partial charge in [0.15, 0.2) is 0 Å². The van der Waals surface area contributed by atoms with E-state index in [9.17, 15) is 14.4 Å². The van der Waals surface area contributed by atoms with E-state index in [0.717, 1.165) is 38.0 Å². The van der Waals surface area contributed by atoms with E-state index in [2.05, 4.69) is 22.9 Å². The molecule has 0 saturated carbocycles. The summed E-state index contributed by atoms with van der Waals surface area (Å²) in [5.41, 5.74) is 2.50. The van der Waals surface area contributed by atoms with Crippen LogP contribution in [0.2, 0.25) is 0 Å². The quantitative estimate of drug-likeness (QED) is 0.564. The third-order valence-corrected chi connectivity index (χ3v) is 6.05. The Morgan fingerprint density at radius 2 is 1.70 bits per heavy atom. The van der Waals surface area contributed by atoms with E-state index in [1.165, 1.54) is 0 Å². The zero-order valence-electron chi connectivity index (χ0n) is 19.7. The summed E-state index contributed by atoms with van der Waals surface area (Å²) >= 11 is 0. The molecule has 0 radical (unpaired) electrons. The molecule has 3 amide bonds. The lowest BCUT2D eigenvalue weighted by Crippen LogP contribution is -2.37. The second-order valence-electron chi connectivity index (χ2n) is 8.82. The Balaban J connectivity index is 1.50. The van der Waals surface area contributed by atoms with Crippen molar-refractivity contribution in [2.75, 3.05) is 30.3 Å². The standard InChI is InChI=1S/C26H34N4O3/c1-4-19(3)28-25(32)20-8-10-22(11-9-20)27-17-24(31)29-23-7-5-6-21(16-23)26(33)30-14-12-18(2)13-15-30/h5-11,16,18-19,27H,4,12-15,17H2,1-3H3,(H,28,32)(H,29,31). The van der Waals surface area contributed by atoms with Crippen LogP contribution in [0.5, 0.6) is 0 Å². The molecule has 7 nitrogen and oxygen atoms in total. The summed E-state index contributed by atoms with van der Waals surface area (Å²) in [4.78, 5) is 39.2. The second-order valence-corrected chi connectivity index (χ2v) is 8.82. The third kappa shape index (κ3) is 7.07. The number of rotatable bonds is 8. The van der Waals surface area contributed by atoms with E-state index in [4.69, 9.17) is 0 Å². The number of nitrogens with zero attached hydrogens (tertiary/aromatic N) is 1. The first-order chi connectivity index (χ1) is 15.9. The molecule has 0 spiro atoms. The normalized spacial score (nSPS) is 14.9. The number of amides is 3. The fraction of sp³-hybridized carbons (Fsp3) is 0.423. The van der Waals surface area contributed by atoms with Gasteiger partial charge in [0.1, 0.15) is 0 Å². The molecule has 1 aliphatic rings. The lowest BCUT2D eigenvalue weighted by Gasteiger charge is -2.30. The minimum absolute atomic E-state index is 0.00795. The molecule has 0 aliphatic carbocycles. The number of carbonyl (C=O) groups is 3. The summed E-state index contributed by atoms with van der Waals surface area (Å²) in [5.74, 6) is 0.339. The molecule has 33 heavy (non-hydrogen) atoms. The van der Waals surface area contributed by atoms with Crippen LogP contribution < -0.4 is 16.0 Å². The Bertz CT molecular complexity index is 966. The average Bonchev–Trinajstić information content (AvgIpc) is 2.83. The molecule has 1 heterocycles. The van der Waals surface area contributed by atoms with Gasteiger partial charge < -0.3 is 20.9 Å². The first kappa shape index (κ1) is 24.3. The lowest BCUT2D eigenvalue weighted by atomic mass is 9.98. The number of carbonyl (C=O) groups excluding carboxylic acids is 3. The number of benzene rings is 2. The molecule has 2 aromatic carbocycles. The van der Waals surface area contributed by atoms with Gasteiger partial charge in [0, 0.05) is 41.6 Å². The summed E-state index contributed by atoms with van der Waals surface area (Å²) in [7, 11) is 0. The van der Waals surface area contributed by atoms with Crippen LogP contribution in [-0.4, -0.2) is 48.3 Å². The lowest BCUT2D eigenvalue weighted by molar-refractivity contribution is -0.114. The molecular weight excluding hydrogens is 416 g/mol. The van der Waals surface area contributed by atoms with Crippen molar-refractivity contribution in [1.29, 1.82) is 0 Å². The van der Waals surface area contributed by atoms with E-state index < -0.39 is 0 Å². The Morgan fingerprint density at radius 3 is 2.36 bits per heavy atom. The van der Waals surface area contributed by atoms with Gasteiger partial charge in [-0.15, -0.1) is 0 Å². The number of hydrogen-bond acceptors (Lipinski definition) is 4. The van der Waals surface area contributed by atoms with Gasteiger partial charge in [0.2, 0.25) is 5.91 Å². The Labute approximate surface area is 195 Å². The number of anilines is 2. The highest BCUT2D eigenvalue weighted by molar-refractivity contribution is 5.98. The smallest absolute Gasteiger partial charge is 0.253 e. The van der Waals surface area contributed by atoms with Crippen LogP contribution in [0.25, 0.3) is 0 Å². The first-order valence-corrected chi connectivity index (χ1v) is 11.7. The zero-order valence-corrected chi connectivity index (χ0v) is 19.7. The summed E-state index contributed by atoms with van der Waals surface area (Å²) in [6.45, 7) is 7.82. The molecule has 7 heteroatoms. The molecule has 3 N–H and O–H groups in total. The number of hydrogen-bond donors (Lipinski definition) is 3. The maximum Gasteiger partial charge on any atom is 0.253 e. The summed E-state index contributed by atoms with van der Waals surface area (Å²) < 4.78 is 0. The van der Waals surface area contributed by atoms with Gasteiger partial charge in [-0.3, -0.25) is 14.4 Å². The molecule has 0 aromatic heterocycles. The van der Waals surface area contributed by atoms with Crippen molar-refractivity contribution in [3.63, 3.8) is 0 Å². The minimum Gasteiger partial charge on any atom is -0.376 e. The van der Waals surface area contributed by atoms with Gasteiger partial charge in [0.25, 0.3) is 11.8 Å². The SMILES string of the molecule is CCC(C)NC(=O)c1ccc(NCC(=O)Nc2cccc(C(=O)N3CCC(C)CC3)c2)cc1. The van der Waals surface area contributed by atoms with Crippen molar-refractivity contribution in [2.45, 2.75) is 46.1 Å². The molecule has 1 unspecified atom stereocenters. The molecule has 2 aromatic rings. The van der Waals surface area contributed by atoms with Crippen LogP contribution in [0, 0.1) is 5.92 Å². The molecule has 1 aliphatic heterocycles. The summed E-state index contributed by atoms with van der Waals surface area (Å²) in [5, 5.41) is 8.82. The highest BCUT2D eigenvalue weighted by Crippen LogP contribution is 2.19. The zero-order chi connectivity index (χ0) is 23.8. The molecule has 176 valence electrons. The van der Waals surface area contributed by atoms with Crippen LogP contribution in [-0.2, 0) is 4.79 Å². The maximum atomic E-state index is 12.8. The second kappa shape index (κ2) is 11.5. The average molecular weight is 451 g/mol. The van der Waals surface area contributed by atoms with E-state index in [-0.39, 0.29) is 30.3 Å². The largest absolute Gasteiger partial charge is 0.376 e. The van der Waals surface area contributed by atoms with Crippen molar-refractivity contribution in [1.82, 2.24) is 10.2 Å². The van der Waals surface area contributed by atoms with E-state index in [1.807, 2.05) is 18.7 Å². The van der Waals surface area contributed by atoms with E-state index in [1.54, 1.807) is 48.5 Å². The highest BCUT2D eigenvalue weighted by atomic mass is 16.2. The fourth-order valence-electron chi connectivity index (χ4n) is 3.66. The minimum atomic E-state index is -0.218. The molecular formula is C26H34N4O3. The van der Waals surface area contributed by atoms with Crippen molar-refractivity contribution in [2.24, 2.45) is 5.92 Å².